The van der Waals surface area contributed by atoms with Crippen molar-refractivity contribution in [1.82, 2.24) is 0 Å². The summed E-state index contributed by atoms with van der Waals surface area (Å²) in [5.74, 6) is 0. The zero-order valence-corrected chi connectivity index (χ0v) is 9.52. The molecule has 1 heterocycles. The van der Waals surface area contributed by atoms with Crippen LogP contribution in [0.5, 0.6) is 5.06 Å². The first kappa shape index (κ1) is 9.50. The van der Waals surface area contributed by atoms with E-state index in [1.807, 2.05) is 24.3 Å². The summed E-state index contributed by atoms with van der Waals surface area (Å²) in [5.41, 5.74) is 1.52. The minimum Gasteiger partial charge on any atom is -0.499 e. The number of hydrogen-bond donors (Lipinski definition) is 1. The van der Waals surface area contributed by atoms with Gasteiger partial charge in [0.25, 0.3) is 0 Å². The van der Waals surface area contributed by atoms with Crippen molar-refractivity contribution in [2.45, 2.75) is 5.33 Å². The number of benzene rings is 1. The molecule has 0 bridgehead atoms. The van der Waals surface area contributed by atoms with Crippen LogP contribution in [0, 0.1) is 11.3 Å². The Morgan fingerprint density at radius 1 is 1.50 bits per heavy atom. The summed E-state index contributed by atoms with van der Waals surface area (Å²) in [6.07, 6.45) is 0. The van der Waals surface area contributed by atoms with E-state index in [1.54, 1.807) is 0 Å². The number of fused-ring (bicyclic) bond motifs is 1. The third kappa shape index (κ3) is 1.39. The van der Waals surface area contributed by atoms with Crippen LogP contribution >= 0.6 is 27.3 Å². The lowest BCUT2D eigenvalue weighted by Crippen LogP contribution is -1.76. The van der Waals surface area contributed by atoms with E-state index in [4.69, 9.17) is 5.26 Å². The number of hydrogen-bond acceptors (Lipinski definition) is 3. The molecule has 2 aromatic rings. The minimum absolute atomic E-state index is 0.106. The van der Waals surface area contributed by atoms with E-state index >= 15 is 0 Å². The van der Waals surface area contributed by atoms with Crippen LogP contribution in [0.3, 0.4) is 0 Å². The lowest BCUT2D eigenvalue weighted by molar-refractivity contribution is 0.490. The fourth-order valence-corrected chi connectivity index (χ4v) is 2.62. The molecule has 0 aliphatic heterocycles. The van der Waals surface area contributed by atoms with Gasteiger partial charge in [0.2, 0.25) is 0 Å². The fraction of sp³-hybridized carbons (Fsp3) is 0.100. The van der Waals surface area contributed by atoms with Crippen molar-refractivity contribution < 1.29 is 5.11 Å². The number of halogens is 1. The number of alkyl halides is 1. The van der Waals surface area contributed by atoms with Gasteiger partial charge in [-0.25, -0.2) is 0 Å². The van der Waals surface area contributed by atoms with Crippen LogP contribution in [0.25, 0.3) is 10.1 Å². The molecule has 0 radical (unpaired) electrons. The van der Waals surface area contributed by atoms with E-state index in [1.165, 1.54) is 11.3 Å². The van der Waals surface area contributed by atoms with Crippen molar-refractivity contribution >= 4 is 37.4 Å². The zero-order valence-electron chi connectivity index (χ0n) is 7.12. The molecule has 70 valence electrons. The Hall–Kier alpha value is -1.05. The van der Waals surface area contributed by atoms with Crippen LogP contribution in [0.2, 0.25) is 0 Å². The van der Waals surface area contributed by atoms with Crippen molar-refractivity contribution in [3.63, 3.8) is 0 Å². The Labute approximate surface area is 93.5 Å². The molecule has 4 heteroatoms. The van der Waals surface area contributed by atoms with Crippen LogP contribution in [-0.2, 0) is 5.33 Å². The highest BCUT2D eigenvalue weighted by Gasteiger charge is 2.10. The highest BCUT2D eigenvalue weighted by molar-refractivity contribution is 9.08. The van der Waals surface area contributed by atoms with Crippen LogP contribution in [0.1, 0.15) is 11.1 Å². The summed E-state index contributed by atoms with van der Waals surface area (Å²) in [5, 5.41) is 20.0. The maximum absolute atomic E-state index is 9.48. The van der Waals surface area contributed by atoms with Crippen LogP contribution in [0.4, 0.5) is 0 Å². The van der Waals surface area contributed by atoms with E-state index in [0.29, 0.717) is 5.56 Å². The van der Waals surface area contributed by atoms with Gasteiger partial charge in [-0.15, -0.1) is 0 Å². The molecule has 1 aromatic heterocycles. The maximum Gasteiger partial charge on any atom is 0.190 e. The van der Waals surface area contributed by atoms with Crippen molar-refractivity contribution in [2.75, 3.05) is 0 Å². The van der Waals surface area contributed by atoms with Crippen LogP contribution in [-0.4, -0.2) is 5.11 Å². The average molecular weight is 268 g/mol. The second kappa shape index (κ2) is 3.60. The molecular weight excluding hydrogens is 262 g/mol. The normalized spacial score (nSPS) is 10.3. The molecule has 2 rings (SSSR count). The largest absolute Gasteiger partial charge is 0.499 e. The van der Waals surface area contributed by atoms with Gasteiger partial charge in [0.15, 0.2) is 5.06 Å². The van der Waals surface area contributed by atoms with Crippen molar-refractivity contribution in [3.8, 4) is 11.1 Å². The van der Waals surface area contributed by atoms with E-state index < -0.39 is 0 Å². The highest BCUT2D eigenvalue weighted by Crippen LogP contribution is 2.36. The van der Waals surface area contributed by atoms with Gasteiger partial charge in [-0.05, 0) is 11.6 Å². The van der Waals surface area contributed by atoms with E-state index in [0.717, 1.165) is 21.0 Å². The van der Waals surface area contributed by atoms with Crippen molar-refractivity contribution in [3.05, 3.63) is 29.3 Å². The number of thiophene rings is 1. The lowest BCUT2D eigenvalue weighted by Gasteiger charge is -1.94. The molecule has 14 heavy (non-hydrogen) atoms. The Kier molecular flexibility index (Phi) is 2.44. The molecule has 0 spiro atoms. The topological polar surface area (TPSA) is 44.0 Å². The maximum atomic E-state index is 9.48. The fourth-order valence-electron chi connectivity index (χ4n) is 1.32. The number of rotatable bonds is 1. The number of aromatic hydroxyl groups is 1. The number of nitrogens with zero attached hydrogens (tertiary/aromatic N) is 1. The van der Waals surface area contributed by atoms with E-state index in [9.17, 15) is 5.11 Å². The van der Waals surface area contributed by atoms with Crippen molar-refractivity contribution in [1.29, 1.82) is 5.26 Å². The monoisotopic (exact) mass is 267 g/mol. The second-order valence-corrected chi connectivity index (χ2v) is 4.45. The third-order valence-electron chi connectivity index (χ3n) is 2.00. The molecule has 2 nitrogen and oxygen atoms in total. The quantitative estimate of drug-likeness (QED) is 0.806. The summed E-state index contributed by atoms with van der Waals surface area (Å²) in [7, 11) is 0. The molecule has 0 saturated carbocycles. The van der Waals surface area contributed by atoms with Gasteiger partial charge in [0.05, 0.1) is 0 Å². The van der Waals surface area contributed by atoms with E-state index in [2.05, 4.69) is 15.9 Å². The Morgan fingerprint density at radius 3 is 2.93 bits per heavy atom. The predicted molar refractivity (Wildman–Crippen MR) is 60.8 cm³/mol. The number of nitriles is 1. The first-order chi connectivity index (χ1) is 6.76. The first-order valence-corrected chi connectivity index (χ1v) is 5.90. The average Bonchev–Trinajstić information content (AvgIpc) is 2.51. The highest BCUT2D eigenvalue weighted by atomic mass is 79.9. The standard InChI is InChI=1S/C10H6BrNOS/c11-4-6-1-2-7-8(5-12)10(13)14-9(7)3-6/h1-3,13H,4H2. The molecule has 0 atom stereocenters. The van der Waals surface area contributed by atoms with Crippen LogP contribution in [0.15, 0.2) is 18.2 Å². The third-order valence-corrected chi connectivity index (χ3v) is 3.60. The molecule has 0 aliphatic carbocycles. The van der Waals surface area contributed by atoms with Gasteiger partial charge in [0, 0.05) is 15.4 Å². The predicted octanol–water partition coefficient (Wildman–Crippen LogP) is 3.37. The lowest BCUT2D eigenvalue weighted by atomic mass is 10.1. The van der Waals surface area contributed by atoms with Crippen LogP contribution < -0.4 is 0 Å². The summed E-state index contributed by atoms with van der Waals surface area (Å²) < 4.78 is 0.955. The molecule has 0 fully saturated rings. The summed E-state index contributed by atoms with van der Waals surface area (Å²) in [6.45, 7) is 0. The molecule has 0 amide bonds. The smallest absolute Gasteiger partial charge is 0.190 e. The van der Waals surface area contributed by atoms with E-state index in [-0.39, 0.29) is 5.06 Å². The summed E-state index contributed by atoms with van der Waals surface area (Å²) in [4.78, 5) is 0. The Balaban J connectivity index is 2.76. The Morgan fingerprint density at radius 2 is 2.29 bits per heavy atom. The SMILES string of the molecule is N#Cc1c(O)sc2cc(CBr)ccc12. The molecular formula is C10H6BrNOS. The van der Waals surface area contributed by atoms with Gasteiger partial charge in [0.1, 0.15) is 11.6 Å². The second-order valence-electron chi connectivity index (χ2n) is 2.86. The zero-order chi connectivity index (χ0) is 10.1. The van der Waals surface area contributed by atoms with Gasteiger partial charge in [-0.1, -0.05) is 39.4 Å². The molecule has 0 saturated heterocycles. The molecule has 1 N–H and O–H groups in total. The summed E-state index contributed by atoms with van der Waals surface area (Å²) >= 11 is 4.61. The van der Waals surface area contributed by atoms with Gasteiger partial charge in [-0.3, -0.25) is 0 Å². The van der Waals surface area contributed by atoms with Gasteiger partial charge >= 0.3 is 0 Å². The van der Waals surface area contributed by atoms with Gasteiger partial charge in [-0.2, -0.15) is 5.26 Å². The molecule has 0 aliphatic rings. The van der Waals surface area contributed by atoms with Gasteiger partial charge < -0.3 is 5.11 Å². The van der Waals surface area contributed by atoms with Crippen molar-refractivity contribution in [2.24, 2.45) is 0 Å². The molecule has 1 aromatic carbocycles. The molecule has 0 unspecified atom stereocenters. The summed E-state index contributed by atoms with van der Waals surface area (Å²) in [6, 6.07) is 7.81. The minimum atomic E-state index is 0.106. The Bertz CT molecular complexity index is 527. The first-order valence-electron chi connectivity index (χ1n) is 3.96.